The first kappa shape index (κ1) is 18.7. The summed E-state index contributed by atoms with van der Waals surface area (Å²) in [5.74, 6) is 1.60. The molecule has 0 spiro atoms. The molecule has 1 aliphatic heterocycles. The number of hydrogen-bond acceptors (Lipinski definition) is 5. The number of aromatic nitrogens is 1. The number of rotatable bonds is 4. The Morgan fingerprint density at radius 2 is 1.50 bits per heavy atom. The fourth-order valence-electron chi connectivity index (χ4n) is 3.92. The number of piperidine rings is 1. The summed E-state index contributed by atoms with van der Waals surface area (Å²) < 4.78 is 32.8. The van der Waals surface area contributed by atoms with E-state index in [0.29, 0.717) is 23.6 Å². The Labute approximate surface area is 165 Å². The number of oxazole rings is 1. The van der Waals surface area contributed by atoms with Gasteiger partial charge in [0.25, 0.3) is 0 Å². The number of benzene rings is 2. The van der Waals surface area contributed by atoms with Crippen molar-refractivity contribution in [3.63, 3.8) is 0 Å². The van der Waals surface area contributed by atoms with Crippen LogP contribution in [0.15, 0.2) is 75.0 Å². The Hall–Kier alpha value is -2.60. The average molecular weight is 397 g/mol. The Morgan fingerprint density at radius 1 is 0.929 bits per heavy atom. The predicted octanol–water partition coefficient (Wildman–Crippen LogP) is 4.66. The molecule has 0 amide bonds. The quantitative estimate of drug-likeness (QED) is 0.642. The summed E-state index contributed by atoms with van der Waals surface area (Å²) in [6, 6.07) is 17.8. The SMILES string of the molecule is C[C@@H]1C[C@@H](C)CN(c2oc(-c3ccccc3)nc2S(=O)(=O)c2ccccc2)C1. The van der Waals surface area contributed by atoms with E-state index >= 15 is 0 Å². The zero-order valence-electron chi connectivity index (χ0n) is 16.1. The molecule has 2 heterocycles. The molecule has 0 N–H and O–H groups in total. The fourth-order valence-corrected chi connectivity index (χ4v) is 5.26. The lowest BCUT2D eigenvalue weighted by Crippen LogP contribution is -2.39. The molecule has 4 rings (SSSR count). The Balaban J connectivity index is 1.85. The van der Waals surface area contributed by atoms with Crippen molar-refractivity contribution in [3.8, 4) is 11.5 Å². The van der Waals surface area contributed by atoms with Gasteiger partial charge in [-0.3, -0.25) is 0 Å². The van der Waals surface area contributed by atoms with Gasteiger partial charge in [0.15, 0.2) is 0 Å². The molecule has 0 aliphatic carbocycles. The van der Waals surface area contributed by atoms with Gasteiger partial charge in [-0.15, -0.1) is 0 Å². The number of sulfone groups is 1. The maximum atomic E-state index is 13.4. The van der Waals surface area contributed by atoms with Gasteiger partial charge in [0, 0.05) is 18.7 Å². The van der Waals surface area contributed by atoms with Gasteiger partial charge in [-0.05, 0) is 42.5 Å². The van der Waals surface area contributed by atoms with E-state index in [-0.39, 0.29) is 9.92 Å². The molecule has 3 aromatic rings. The molecule has 0 bridgehead atoms. The van der Waals surface area contributed by atoms with Crippen LogP contribution in [0.1, 0.15) is 20.3 Å². The molecule has 28 heavy (non-hydrogen) atoms. The summed E-state index contributed by atoms with van der Waals surface area (Å²) in [6.45, 7) is 5.88. The van der Waals surface area contributed by atoms with Crippen LogP contribution in [0.3, 0.4) is 0 Å². The third kappa shape index (κ3) is 3.56. The van der Waals surface area contributed by atoms with Gasteiger partial charge in [-0.1, -0.05) is 50.2 Å². The van der Waals surface area contributed by atoms with Crippen molar-refractivity contribution in [1.82, 2.24) is 4.98 Å². The largest absolute Gasteiger partial charge is 0.419 e. The monoisotopic (exact) mass is 396 g/mol. The van der Waals surface area contributed by atoms with Crippen LogP contribution in [0.5, 0.6) is 0 Å². The van der Waals surface area contributed by atoms with Crippen LogP contribution in [0.2, 0.25) is 0 Å². The summed E-state index contributed by atoms with van der Waals surface area (Å²) >= 11 is 0. The number of anilines is 1. The maximum absolute atomic E-state index is 13.4. The van der Waals surface area contributed by atoms with Gasteiger partial charge in [0.05, 0.1) is 4.90 Å². The van der Waals surface area contributed by atoms with Crippen molar-refractivity contribution in [3.05, 3.63) is 60.7 Å². The fraction of sp³-hybridized carbons (Fsp3) is 0.318. The van der Waals surface area contributed by atoms with Crippen LogP contribution < -0.4 is 4.90 Å². The normalized spacial score (nSPS) is 20.3. The molecule has 0 unspecified atom stereocenters. The molecular formula is C22H24N2O3S. The highest BCUT2D eigenvalue weighted by Crippen LogP contribution is 2.37. The maximum Gasteiger partial charge on any atom is 0.236 e. The van der Waals surface area contributed by atoms with Crippen molar-refractivity contribution >= 4 is 15.7 Å². The van der Waals surface area contributed by atoms with E-state index in [2.05, 4.69) is 18.8 Å². The smallest absolute Gasteiger partial charge is 0.236 e. The van der Waals surface area contributed by atoms with Crippen LogP contribution in [0.4, 0.5) is 5.88 Å². The van der Waals surface area contributed by atoms with Crippen LogP contribution in [0, 0.1) is 11.8 Å². The van der Waals surface area contributed by atoms with Crippen molar-refractivity contribution < 1.29 is 12.8 Å². The second-order valence-corrected chi connectivity index (χ2v) is 9.53. The summed E-state index contributed by atoms with van der Waals surface area (Å²) in [5, 5.41) is -0.00106. The molecule has 5 nitrogen and oxygen atoms in total. The molecule has 146 valence electrons. The molecule has 0 saturated carbocycles. The van der Waals surface area contributed by atoms with E-state index in [0.717, 1.165) is 25.1 Å². The third-order valence-electron chi connectivity index (χ3n) is 5.06. The minimum atomic E-state index is -3.79. The third-order valence-corrected chi connectivity index (χ3v) is 6.73. The van der Waals surface area contributed by atoms with E-state index in [1.807, 2.05) is 35.2 Å². The standard InChI is InChI=1S/C22H24N2O3S/c1-16-13-17(2)15-24(14-16)22-21(28(25,26)19-11-7-4-8-12-19)23-20(27-22)18-9-5-3-6-10-18/h3-12,16-17H,13-15H2,1-2H3/t16-,17-/m1/s1. The topological polar surface area (TPSA) is 63.4 Å². The highest BCUT2D eigenvalue weighted by atomic mass is 32.2. The first-order valence-electron chi connectivity index (χ1n) is 9.56. The van der Waals surface area contributed by atoms with Gasteiger partial charge >= 0.3 is 0 Å². The molecule has 1 aromatic heterocycles. The molecule has 1 fully saturated rings. The highest BCUT2D eigenvalue weighted by Gasteiger charge is 2.34. The van der Waals surface area contributed by atoms with Crippen LogP contribution in [-0.4, -0.2) is 26.5 Å². The lowest BCUT2D eigenvalue weighted by atomic mass is 9.92. The molecule has 6 heteroatoms. The van der Waals surface area contributed by atoms with Crippen molar-refractivity contribution in [2.24, 2.45) is 11.8 Å². The summed E-state index contributed by atoms with van der Waals surface area (Å²) in [4.78, 5) is 6.72. The van der Waals surface area contributed by atoms with Crippen LogP contribution in [0.25, 0.3) is 11.5 Å². The zero-order valence-corrected chi connectivity index (χ0v) is 16.9. The van der Waals surface area contributed by atoms with Crippen molar-refractivity contribution in [1.29, 1.82) is 0 Å². The first-order chi connectivity index (χ1) is 13.4. The van der Waals surface area contributed by atoms with Gasteiger partial charge in [-0.2, -0.15) is 4.98 Å². The average Bonchev–Trinajstić information content (AvgIpc) is 3.15. The number of hydrogen-bond donors (Lipinski definition) is 0. The van der Waals surface area contributed by atoms with E-state index in [1.165, 1.54) is 0 Å². The molecule has 0 radical (unpaired) electrons. The van der Waals surface area contributed by atoms with Gasteiger partial charge < -0.3 is 9.32 Å². The Kier molecular flexibility index (Phi) is 4.98. The molecule has 1 saturated heterocycles. The van der Waals surface area contributed by atoms with Gasteiger partial charge in [-0.25, -0.2) is 8.42 Å². The minimum absolute atomic E-state index is 0.00106. The molecular weight excluding hydrogens is 372 g/mol. The van der Waals surface area contributed by atoms with E-state index in [1.54, 1.807) is 30.3 Å². The first-order valence-corrected chi connectivity index (χ1v) is 11.0. The van der Waals surface area contributed by atoms with E-state index < -0.39 is 9.84 Å². The predicted molar refractivity (Wildman–Crippen MR) is 109 cm³/mol. The second kappa shape index (κ2) is 7.43. The molecule has 2 aromatic carbocycles. The van der Waals surface area contributed by atoms with E-state index in [9.17, 15) is 8.42 Å². The Morgan fingerprint density at radius 3 is 2.11 bits per heavy atom. The van der Waals surface area contributed by atoms with Crippen molar-refractivity contribution in [2.75, 3.05) is 18.0 Å². The second-order valence-electron chi connectivity index (χ2n) is 7.66. The highest BCUT2D eigenvalue weighted by molar-refractivity contribution is 7.91. The minimum Gasteiger partial charge on any atom is -0.419 e. The van der Waals surface area contributed by atoms with Crippen LogP contribution in [-0.2, 0) is 9.84 Å². The lowest BCUT2D eigenvalue weighted by Gasteiger charge is -2.34. The summed E-state index contributed by atoms with van der Waals surface area (Å²) in [6.07, 6.45) is 1.12. The molecule has 1 aliphatic rings. The zero-order chi connectivity index (χ0) is 19.7. The van der Waals surface area contributed by atoms with Crippen LogP contribution >= 0.6 is 0 Å². The lowest BCUT2D eigenvalue weighted by molar-refractivity contribution is 0.342. The van der Waals surface area contributed by atoms with E-state index in [4.69, 9.17) is 4.42 Å². The summed E-state index contributed by atoms with van der Waals surface area (Å²) in [5.41, 5.74) is 0.761. The van der Waals surface area contributed by atoms with Crippen molar-refractivity contribution in [2.45, 2.75) is 30.2 Å². The van der Waals surface area contributed by atoms with Gasteiger partial charge in [0.2, 0.25) is 26.6 Å². The van der Waals surface area contributed by atoms with Gasteiger partial charge in [0.1, 0.15) is 0 Å². The molecule has 2 atom stereocenters. The Bertz CT molecular complexity index is 1040. The summed E-state index contributed by atoms with van der Waals surface area (Å²) in [7, 11) is -3.79. The number of nitrogens with zero attached hydrogens (tertiary/aromatic N) is 2.